The molecule has 0 spiro atoms. The molecular weight excluding hydrogens is 254 g/mol. The molecule has 1 aromatic heterocycles. The van der Waals surface area contributed by atoms with Crippen molar-refractivity contribution in [1.29, 1.82) is 0 Å². The van der Waals surface area contributed by atoms with Crippen molar-refractivity contribution in [2.45, 2.75) is 17.4 Å². The third-order valence-corrected chi connectivity index (χ3v) is 3.55. The maximum atomic E-state index is 8.90. The lowest BCUT2D eigenvalue weighted by Gasteiger charge is -2.02. The second kappa shape index (κ2) is 6.05. The molecule has 0 atom stereocenters. The molecule has 0 radical (unpaired) electrons. The molecule has 1 heterocycles. The molecule has 0 fully saturated rings. The van der Waals surface area contributed by atoms with Gasteiger partial charge in [-0.2, -0.15) is 0 Å². The zero-order valence-electron chi connectivity index (χ0n) is 9.14. The van der Waals surface area contributed by atoms with Gasteiger partial charge in [-0.1, -0.05) is 29.8 Å². The first-order valence-electron chi connectivity index (χ1n) is 5.21. The summed E-state index contributed by atoms with van der Waals surface area (Å²) in [6.45, 7) is 0.0368. The van der Waals surface area contributed by atoms with Gasteiger partial charge < -0.3 is 5.11 Å². The molecule has 17 heavy (non-hydrogen) atoms. The summed E-state index contributed by atoms with van der Waals surface area (Å²) in [6, 6.07) is 11.6. The molecule has 4 heteroatoms. The highest BCUT2D eigenvalue weighted by Gasteiger charge is 1.98. The van der Waals surface area contributed by atoms with Crippen LogP contribution in [-0.4, -0.2) is 10.1 Å². The fraction of sp³-hybridized carbons (Fsp3) is 0.154. The van der Waals surface area contributed by atoms with Crippen LogP contribution in [0.15, 0.2) is 47.6 Å². The number of hydrogen-bond acceptors (Lipinski definition) is 3. The first-order valence-corrected chi connectivity index (χ1v) is 6.57. The van der Waals surface area contributed by atoms with Crippen LogP contribution in [0.5, 0.6) is 0 Å². The van der Waals surface area contributed by atoms with Crippen LogP contribution in [0.3, 0.4) is 0 Å². The number of thioether (sulfide) groups is 1. The van der Waals surface area contributed by atoms with E-state index in [2.05, 4.69) is 4.98 Å². The van der Waals surface area contributed by atoms with Crippen molar-refractivity contribution in [3.8, 4) is 0 Å². The van der Waals surface area contributed by atoms with Crippen LogP contribution >= 0.6 is 23.4 Å². The van der Waals surface area contributed by atoms with Gasteiger partial charge in [-0.25, -0.2) is 4.98 Å². The van der Waals surface area contributed by atoms with Gasteiger partial charge in [-0.15, -0.1) is 11.8 Å². The summed E-state index contributed by atoms with van der Waals surface area (Å²) in [7, 11) is 0. The summed E-state index contributed by atoms with van der Waals surface area (Å²) < 4.78 is 0. The zero-order chi connectivity index (χ0) is 12.1. The van der Waals surface area contributed by atoms with Crippen molar-refractivity contribution >= 4 is 23.4 Å². The van der Waals surface area contributed by atoms with Crippen molar-refractivity contribution < 1.29 is 5.11 Å². The van der Waals surface area contributed by atoms with E-state index in [1.54, 1.807) is 18.0 Å². The van der Waals surface area contributed by atoms with Gasteiger partial charge in [-0.3, -0.25) is 0 Å². The van der Waals surface area contributed by atoms with Crippen molar-refractivity contribution in [1.82, 2.24) is 4.98 Å². The van der Waals surface area contributed by atoms with Gasteiger partial charge in [0.1, 0.15) is 0 Å². The van der Waals surface area contributed by atoms with Crippen LogP contribution in [-0.2, 0) is 12.4 Å². The van der Waals surface area contributed by atoms with Gasteiger partial charge >= 0.3 is 0 Å². The van der Waals surface area contributed by atoms with Gasteiger partial charge in [0, 0.05) is 17.0 Å². The summed E-state index contributed by atoms with van der Waals surface area (Å²) in [4.78, 5) is 4.26. The van der Waals surface area contributed by atoms with E-state index in [1.807, 2.05) is 36.4 Å². The molecule has 0 aliphatic carbocycles. The number of rotatable bonds is 4. The predicted octanol–water partition coefficient (Wildman–Crippen LogP) is 3.52. The molecule has 0 aliphatic heterocycles. The molecule has 2 aromatic rings. The minimum absolute atomic E-state index is 0.0368. The fourth-order valence-electron chi connectivity index (χ4n) is 1.33. The summed E-state index contributed by atoms with van der Waals surface area (Å²) in [5, 5.41) is 10.6. The average Bonchev–Trinajstić information content (AvgIpc) is 2.39. The Hall–Kier alpha value is -1.03. The molecule has 1 aromatic carbocycles. The summed E-state index contributed by atoms with van der Waals surface area (Å²) in [5.74, 6) is 0.864. The highest BCUT2D eigenvalue weighted by Crippen LogP contribution is 2.21. The smallest absolute Gasteiger partial charge is 0.0963 e. The number of aliphatic hydroxyl groups excluding tert-OH is 1. The van der Waals surface area contributed by atoms with E-state index in [4.69, 9.17) is 16.7 Å². The number of pyridine rings is 1. The standard InChI is InChI=1S/C13H12ClNOS/c14-12-4-1-10(2-5-12)9-17-13-6-3-11(8-16)7-15-13/h1-7,16H,8-9H2. The van der Waals surface area contributed by atoms with Crippen molar-refractivity contribution in [2.24, 2.45) is 0 Å². The number of aliphatic hydroxyl groups is 1. The number of nitrogens with zero attached hydrogens (tertiary/aromatic N) is 1. The molecule has 0 aliphatic rings. The summed E-state index contributed by atoms with van der Waals surface area (Å²) in [6.07, 6.45) is 1.70. The second-order valence-corrected chi connectivity index (χ2v) is 5.01. The Morgan fingerprint density at radius 1 is 1.06 bits per heavy atom. The lowest BCUT2D eigenvalue weighted by atomic mass is 10.2. The first kappa shape index (κ1) is 12.4. The SMILES string of the molecule is OCc1ccc(SCc2ccc(Cl)cc2)nc1. The number of benzene rings is 1. The monoisotopic (exact) mass is 265 g/mol. The minimum Gasteiger partial charge on any atom is -0.392 e. The van der Waals surface area contributed by atoms with Gasteiger partial charge in [0.05, 0.1) is 11.6 Å². The van der Waals surface area contributed by atoms with Crippen molar-refractivity contribution in [3.05, 3.63) is 58.7 Å². The third kappa shape index (κ3) is 3.73. The largest absolute Gasteiger partial charge is 0.392 e. The molecule has 0 amide bonds. The molecule has 88 valence electrons. The first-order chi connectivity index (χ1) is 8.28. The predicted molar refractivity (Wildman–Crippen MR) is 71.2 cm³/mol. The van der Waals surface area contributed by atoms with Crippen LogP contribution in [0.25, 0.3) is 0 Å². The summed E-state index contributed by atoms with van der Waals surface area (Å²) >= 11 is 7.48. The number of hydrogen-bond donors (Lipinski definition) is 1. The lowest BCUT2D eigenvalue weighted by Crippen LogP contribution is -1.87. The Morgan fingerprint density at radius 2 is 1.76 bits per heavy atom. The zero-order valence-corrected chi connectivity index (χ0v) is 10.7. The maximum absolute atomic E-state index is 8.90. The normalized spacial score (nSPS) is 10.5. The van der Waals surface area contributed by atoms with Crippen molar-refractivity contribution in [2.75, 3.05) is 0 Å². The quantitative estimate of drug-likeness (QED) is 0.859. The van der Waals surface area contributed by atoms with E-state index in [0.29, 0.717) is 0 Å². The Bertz CT molecular complexity index is 470. The average molecular weight is 266 g/mol. The highest BCUT2D eigenvalue weighted by atomic mass is 35.5. The molecule has 0 unspecified atom stereocenters. The lowest BCUT2D eigenvalue weighted by molar-refractivity contribution is 0.281. The minimum atomic E-state index is 0.0368. The molecule has 2 rings (SSSR count). The Kier molecular flexibility index (Phi) is 4.42. The number of halogens is 1. The molecule has 0 bridgehead atoms. The van der Waals surface area contributed by atoms with E-state index in [1.165, 1.54) is 5.56 Å². The van der Waals surface area contributed by atoms with Crippen LogP contribution in [0.2, 0.25) is 5.02 Å². The molecule has 0 saturated carbocycles. The van der Waals surface area contributed by atoms with E-state index < -0.39 is 0 Å². The van der Waals surface area contributed by atoms with E-state index in [-0.39, 0.29) is 6.61 Å². The topological polar surface area (TPSA) is 33.1 Å². The van der Waals surface area contributed by atoms with E-state index >= 15 is 0 Å². The Labute approximate surface area is 110 Å². The Balaban J connectivity index is 1.95. The molecule has 1 N–H and O–H groups in total. The van der Waals surface area contributed by atoms with Gasteiger partial charge in [0.2, 0.25) is 0 Å². The molecule has 0 saturated heterocycles. The second-order valence-electron chi connectivity index (χ2n) is 3.58. The molecule has 2 nitrogen and oxygen atoms in total. The van der Waals surface area contributed by atoms with Crippen LogP contribution < -0.4 is 0 Å². The van der Waals surface area contributed by atoms with Gasteiger partial charge in [0.25, 0.3) is 0 Å². The maximum Gasteiger partial charge on any atom is 0.0963 e. The van der Waals surface area contributed by atoms with Crippen LogP contribution in [0, 0.1) is 0 Å². The highest BCUT2D eigenvalue weighted by molar-refractivity contribution is 7.98. The third-order valence-electron chi connectivity index (χ3n) is 2.28. The van der Waals surface area contributed by atoms with E-state index in [0.717, 1.165) is 21.4 Å². The fourth-order valence-corrected chi connectivity index (χ4v) is 2.25. The van der Waals surface area contributed by atoms with Gasteiger partial charge in [0.15, 0.2) is 0 Å². The van der Waals surface area contributed by atoms with Gasteiger partial charge in [-0.05, 0) is 29.3 Å². The van der Waals surface area contributed by atoms with E-state index in [9.17, 15) is 0 Å². The van der Waals surface area contributed by atoms with Crippen molar-refractivity contribution in [3.63, 3.8) is 0 Å². The number of aromatic nitrogens is 1. The summed E-state index contributed by atoms with van der Waals surface area (Å²) in [5.41, 5.74) is 2.05. The van der Waals surface area contributed by atoms with Crippen LogP contribution in [0.4, 0.5) is 0 Å². The molecular formula is C13H12ClNOS. The Morgan fingerprint density at radius 3 is 2.35 bits per heavy atom. The van der Waals surface area contributed by atoms with Crippen LogP contribution in [0.1, 0.15) is 11.1 Å².